The van der Waals surface area contributed by atoms with E-state index in [4.69, 9.17) is 18.5 Å². The summed E-state index contributed by atoms with van der Waals surface area (Å²) in [6.07, 6.45) is 0.241. The molecule has 0 fully saturated rings. The van der Waals surface area contributed by atoms with Crippen LogP contribution in [0.2, 0.25) is 5.02 Å². The second-order valence-corrected chi connectivity index (χ2v) is 5.41. The maximum Gasteiger partial charge on any atom is 0.165 e. The second kappa shape index (κ2) is 5.01. The molecule has 1 rings (SSSR count). The quantitative estimate of drug-likeness (QED) is 0.710. The molecule has 0 saturated carbocycles. The standard InChI is InChI=1S/C14H19ClO/c1-10(9-14(2,3)4)13(16)11-6-5-7-12(15)8-11/h5-8,10H,9H2,1-4H3/i5D,6D,7D,8D,10D. The van der Waals surface area contributed by atoms with Gasteiger partial charge in [-0.2, -0.15) is 0 Å². The number of halogens is 1. The van der Waals surface area contributed by atoms with Gasteiger partial charge < -0.3 is 0 Å². The highest BCUT2D eigenvalue weighted by Crippen LogP contribution is 2.26. The fourth-order valence-corrected chi connectivity index (χ4v) is 1.67. The first kappa shape index (κ1) is 7.50. The molecule has 0 N–H and O–H groups in total. The number of Topliss-reactive ketones (excluding diaryl/α,β-unsaturated/α-hetero) is 1. The highest BCUT2D eigenvalue weighted by Gasteiger charge is 2.21. The molecule has 0 saturated heterocycles. The average molecular weight is 244 g/mol. The average Bonchev–Trinajstić information content (AvgIpc) is 2.31. The molecule has 16 heavy (non-hydrogen) atoms. The summed E-state index contributed by atoms with van der Waals surface area (Å²) in [4.78, 5) is 12.6. The van der Waals surface area contributed by atoms with Gasteiger partial charge in [0.15, 0.2) is 5.78 Å². The molecule has 88 valence electrons. The van der Waals surface area contributed by atoms with Crippen LogP contribution in [0.4, 0.5) is 0 Å². The summed E-state index contributed by atoms with van der Waals surface area (Å²) in [5, 5.41) is -0.328. The molecule has 1 unspecified atom stereocenters. The fourth-order valence-electron chi connectivity index (χ4n) is 1.52. The van der Waals surface area contributed by atoms with Crippen molar-refractivity contribution >= 4 is 17.4 Å². The van der Waals surface area contributed by atoms with Gasteiger partial charge in [-0.15, -0.1) is 0 Å². The number of carbonyl (C=O) groups is 1. The van der Waals surface area contributed by atoms with Gasteiger partial charge in [0, 0.05) is 17.9 Å². The van der Waals surface area contributed by atoms with Gasteiger partial charge in [0.25, 0.3) is 0 Å². The summed E-state index contributed by atoms with van der Waals surface area (Å²) in [5.74, 6) is -2.23. The molecule has 0 aliphatic carbocycles. The van der Waals surface area contributed by atoms with Gasteiger partial charge in [0.1, 0.15) is 0 Å². The summed E-state index contributed by atoms with van der Waals surface area (Å²) in [5.41, 5.74) is -0.623. The van der Waals surface area contributed by atoms with Crippen LogP contribution < -0.4 is 0 Å². The van der Waals surface area contributed by atoms with Gasteiger partial charge in [-0.1, -0.05) is 51.4 Å². The molecular formula is C14H19ClO. The van der Waals surface area contributed by atoms with Crippen molar-refractivity contribution in [3.8, 4) is 0 Å². The number of rotatable bonds is 3. The van der Waals surface area contributed by atoms with Crippen molar-refractivity contribution in [2.24, 2.45) is 11.3 Å². The monoisotopic (exact) mass is 243 g/mol. The summed E-state index contributed by atoms with van der Waals surface area (Å²) >= 11 is 5.80. The molecule has 1 aromatic carbocycles. The van der Waals surface area contributed by atoms with Crippen LogP contribution in [0.15, 0.2) is 24.2 Å². The number of hydrogen-bond donors (Lipinski definition) is 0. The first-order valence-electron chi connectivity index (χ1n) is 7.60. The lowest BCUT2D eigenvalue weighted by Crippen LogP contribution is -2.18. The molecule has 0 bridgehead atoms. The van der Waals surface area contributed by atoms with E-state index in [1.807, 2.05) is 20.8 Å². The molecule has 0 aliphatic rings. The Morgan fingerprint density at radius 3 is 2.75 bits per heavy atom. The number of hydrogen-bond acceptors (Lipinski definition) is 1. The van der Waals surface area contributed by atoms with E-state index < -0.39 is 35.8 Å². The van der Waals surface area contributed by atoms with E-state index in [0.717, 1.165) is 0 Å². The molecule has 2 heteroatoms. The summed E-state index contributed by atoms with van der Waals surface area (Å²) < 4.78 is 39.1. The second-order valence-electron chi connectivity index (χ2n) is 5.04. The van der Waals surface area contributed by atoms with Crippen LogP contribution in [0.3, 0.4) is 0 Å². The first-order chi connectivity index (χ1) is 9.29. The third-order valence-corrected chi connectivity index (χ3v) is 2.19. The Labute approximate surface area is 110 Å². The van der Waals surface area contributed by atoms with Crippen LogP contribution in [0.5, 0.6) is 0 Å². The van der Waals surface area contributed by atoms with Gasteiger partial charge in [-0.05, 0) is 23.9 Å². The number of benzene rings is 1. The molecule has 0 heterocycles. The molecule has 1 atom stereocenters. The van der Waals surface area contributed by atoms with Crippen molar-refractivity contribution in [2.75, 3.05) is 0 Å². The van der Waals surface area contributed by atoms with Crippen LogP contribution in [0, 0.1) is 11.3 Å². The molecule has 0 radical (unpaired) electrons. The Balaban J connectivity index is 3.45. The Kier molecular flexibility index (Phi) is 2.35. The van der Waals surface area contributed by atoms with Gasteiger partial charge >= 0.3 is 0 Å². The Hall–Kier alpha value is -0.820. The van der Waals surface area contributed by atoms with E-state index in [1.54, 1.807) is 0 Å². The third-order valence-electron chi connectivity index (χ3n) is 2.00. The van der Waals surface area contributed by atoms with Crippen molar-refractivity contribution in [1.29, 1.82) is 0 Å². The van der Waals surface area contributed by atoms with Gasteiger partial charge in [-0.25, -0.2) is 0 Å². The lowest BCUT2D eigenvalue weighted by molar-refractivity contribution is 0.0897. The topological polar surface area (TPSA) is 17.1 Å². The van der Waals surface area contributed by atoms with Gasteiger partial charge in [-0.3, -0.25) is 4.79 Å². The molecular weight excluding hydrogens is 220 g/mol. The van der Waals surface area contributed by atoms with Crippen LogP contribution in [0.25, 0.3) is 0 Å². The molecule has 1 aromatic rings. The van der Waals surface area contributed by atoms with Crippen LogP contribution in [-0.2, 0) is 0 Å². The Morgan fingerprint density at radius 1 is 1.56 bits per heavy atom. The van der Waals surface area contributed by atoms with Crippen molar-refractivity contribution in [2.45, 2.75) is 34.1 Å². The zero-order valence-electron chi connectivity index (χ0n) is 15.0. The molecule has 0 aliphatic heterocycles. The molecule has 0 aromatic heterocycles. The molecule has 0 spiro atoms. The Morgan fingerprint density at radius 2 is 2.19 bits per heavy atom. The van der Waals surface area contributed by atoms with Crippen molar-refractivity contribution in [1.82, 2.24) is 0 Å². The van der Waals surface area contributed by atoms with E-state index >= 15 is 0 Å². The minimum Gasteiger partial charge on any atom is -0.294 e. The highest BCUT2D eigenvalue weighted by molar-refractivity contribution is 6.31. The lowest BCUT2D eigenvalue weighted by Gasteiger charge is -2.22. The van der Waals surface area contributed by atoms with E-state index in [0.29, 0.717) is 0 Å². The maximum absolute atomic E-state index is 12.6. The smallest absolute Gasteiger partial charge is 0.165 e. The van der Waals surface area contributed by atoms with E-state index in [9.17, 15) is 4.79 Å². The normalized spacial score (nSPS) is 19.9. The van der Waals surface area contributed by atoms with Gasteiger partial charge in [0.05, 0.1) is 5.48 Å². The number of ketones is 1. The van der Waals surface area contributed by atoms with Gasteiger partial charge in [0.2, 0.25) is 0 Å². The number of carbonyl (C=O) groups excluding carboxylic acids is 1. The lowest BCUT2D eigenvalue weighted by atomic mass is 9.82. The summed E-state index contributed by atoms with van der Waals surface area (Å²) in [6.45, 7) is 7.12. The highest BCUT2D eigenvalue weighted by atomic mass is 35.5. The van der Waals surface area contributed by atoms with E-state index in [-0.39, 0.29) is 22.4 Å². The van der Waals surface area contributed by atoms with Crippen LogP contribution in [0.1, 0.15) is 51.3 Å². The maximum atomic E-state index is 12.6. The zero-order chi connectivity index (χ0) is 16.7. The van der Waals surface area contributed by atoms with E-state index in [1.165, 1.54) is 6.92 Å². The van der Waals surface area contributed by atoms with E-state index in [2.05, 4.69) is 0 Å². The summed E-state index contributed by atoms with van der Waals surface area (Å²) in [7, 11) is 0. The SMILES string of the molecule is [2H]c1c([2H])c(Cl)c([2H])c(C(=O)C([2H])(C)CC(C)(C)C)c1[2H]. The minimum atomic E-state index is -1.52. The van der Waals surface area contributed by atoms with Crippen molar-refractivity contribution < 1.29 is 11.6 Å². The predicted octanol–water partition coefficient (Wildman–Crippen LogP) is 4.60. The van der Waals surface area contributed by atoms with Crippen LogP contribution in [-0.4, -0.2) is 5.78 Å². The van der Waals surface area contributed by atoms with Crippen molar-refractivity contribution in [3.63, 3.8) is 0 Å². The van der Waals surface area contributed by atoms with Crippen molar-refractivity contribution in [3.05, 3.63) is 34.8 Å². The first-order valence-corrected chi connectivity index (χ1v) is 5.48. The third kappa shape index (κ3) is 3.97. The predicted molar refractivity (Wildman–Crippen MR) is 69.0 cm³/mol. The van der Waals surface area contributed by atoms with Crippen LogP contribution >= 0.6 is 11.6 Å². The fraction of sp³-hybridized carbons (Fsp3) is 0.500. The minimum absolute atomic E-state index is 0.241. The Bertz CT molecular complexity index is 561. The zero-order valence-corrected chi connectivity index (χ0v) is 10.7. The molecule has 1 nitrogen and oxygen atoms in total. The summed E-state index contributed by atoms with van der Waals surface area (Å²) in [6, 6.07) is -1.89. The largest absolute Gasteiger partial charge is 0.294 e. The molecule has 0 amide bonds.